The SMILES string of the molecule is Cc1ccc(CC(=O)N2CCN(c3nc4c(C(C)C)cccc4s3)CC2)cc1. The molecule has 28 heavy (non-hydrogen) atoms. The van der Waals surface area contributed by atoms with Crippen LogP contribution in [0.5, 0.6) is 0 Å². The molecule has 5 heteroatoms. The number of fused-ring (bicyclic) bond motifs is 1. The summed E-state index contributed by atoms with van der Waals surface area (Å²) in [6, 6.07) is 14.7. The summed E-state index contributed by atoms with van der Waals surface area (Å²) in [6.07, 6.45) is 0.485. The quantitative estimate of drug-likeness (QED) is 0.649. The van der Waals surface area contributed by atoms with Crippen LogP contribution in [0.3, 0.4) is 0 Å². The lowest BCUT2D eigenvalue weighted by Gasteiger charge is -2.34. The van der Waals surface area contributed by atoms with Gasteiger partial charge in [-0.1, -0.05) is 67.1 Å². The van der Waals surface area contributed by atoms with Crippen LogP contribution in [0.2, 0.25) is 0 Å². The van der Waals surface area contributed by atoms with Crippen molar-refractivity contribution < 1.29 is 4.79 Å². The molecule has 4 nitrogen and oxygen atoms in total. The van der Waals surface area contributed by atoms with E-state index in [4.69, 9.17) is 4.98 Å². The van der Waals surface area contributed by atoms with Gasteiger partial charge in [0.25, 0.3) is 0 Å². The van der Waals surface area contributed by atoms with Crippen LogP contribution < -0.4 is 4.90 Å². The van der Waals surface area contributed by atoms with Gasteiger partial charge in [-0.15, -0.1) is 0 Å². The smallest absolute Gasteiger partial charge is 0.227 e. The summed E-state index contributed by atoms with van der Waals surface area (Å²) in [6.45, 7) is 9.71. The molecule has 146 valence electrons. The van der Waals surface area contributed by atoms with Crippen LogP contribution in [-0.4, -0.2) is 42.0 Å². The number of benzene rings is 2. The molecule has 0 aliphatic carbocycles. The van der Waals surface area contributed by atoms with Crippen molar-refractivity contribution in [1.82, 2.24) is 9.88 Å². The summed E-state index contributed by atoms with van der Waals surface area (Å²) in [4.78, 5) is 21.9. The molecular weight excluding hydrogens is 366 g/mol. The molecule has 0 spiro atoms. The largest absolute Gasteiger partial charge is 0.345 e. The highest BCUT2D eigenvalue weighted by atomic mass is 32.1. The van der Waals surface area contributed by atoms with E-state index in [9.17, 15) is 4.79 Å². The number of aromatic nitrogens is 1. The Kier molecular flexibility index (Phi) is 5.36. The van der Waals surface area contributed by atoms with Gasteiger partial charge in [0.15, 0.2) is 5.13 Å². The molecule has 1 amide bonds. The molecule has 1 fully saturated rings. The third-order valence-electron chi connectivity index (χ3n) is 5.44. The van der Waals surface area contributed by atoms with Gasteiger partial charge in [-0.05, 0) is 30.0 Å². The van der Waals surface area contributed by atoms with E-state index in [1.165, 1.54) is 15.8 Å². The number of amides is 1. The topological polar surface area (TPSA) is 36.4 Å². The second kappa shape index (κ2) is 7.92. The van der Waals surface area contributed by atoms with Gasteiger partial charge in [0.1, 0.15) is 0 Å². The molecule has 1 saturated heterocycles. The number of anilines is 1. The van der Waals surface area contributed by atoms with Crippen molar-refractivity contribution >= 4 is 32.6 Å². The Bertz CT molecular complexity index is 969. The van der Waals surface area contributed by atoms with E-state index >= 15 is 0 Å². The van der Waals surface area contributed by atoms with Gasteiger partial charge in [-0.3, -0.25) is 4.79 Å². The average Bonchev–Trinajstić information content (AvgIpc) is 3.14. The molecule has 1 aliphatic heterocycles. The Morgan fingerprint density at radius 3 is 2.46 bits per heavy atom. The van der Waals surface area contributed by atoms with Crippen LogP contribution >= 0.6 is 11.3 Å². The predicted molar refractivity (Wildman–Crippen MR) is 117 cm³/mol. The maximum Gasteiger partial charge on any atom is 0.227 e. The maximum atomic E-state index is 12.7. The summed E-state index contributed by atoms with van der Waals surface area (Å²) in [5.41, 5.74) is 4.76. The highest BCUT2D eigenvalue weighted by Crippen LogP contribution is 2.33. The molecule has 2 aromatic carbocycles. The number of carbonyl (C=O) groups is 1. The summed E-state index contributed by atoms with van der Waals surface area (Å²) in [7, 11) is 0. The normalized spacial score (nSPS) is 14.9. The number of thiazole rings is 1. The minimum atomic E-state index is 0.217. The van der Waals surface area contributed by atoms with E-state index in [-0.39, 0.29) is 5.91 Å². The van der Waals surface area contributed by atoms with Crippen LogP contribution in [0, 0.1) is 6.92 Å². The highest BCUT2D eigenvalue weighted by molar-refractivity contribution is 7.22. The van der Waals surface area contributed by atoms with Crippen LogP contribution in [-0.2, 0) is 11.2 Å². The fourth-order valence-electron chi connectivity index (χ4n) is 3.70. The van der Waals surface area contributed by atoms with Crippen molar-refractivity contribution in [3.05, 3.63) is 59.2 Å². The van der Waals surface area contributed by atoms with Gasteiger partial charge in [0, 0.05) is 26.2 Å². The molecule has 0 unspecified atom stereocenters. The monoisotopic (exact) mass is 393 g/mol. The van der Waals surface area contributed by atoms with E-state index < -0.39 is 0 Å². The number of nitrogens with zero attached hydrogens (tertiary/aromatic N) is 3. The molecule has 0 N–H and O–H groups in total. The maximum absolute atomic E-state index is 12.7. The van der Waals surface area contributed by atoms with Crippen molar-refractivity contribution in [3.8, 4) is 0 Å². The van der Waals surface area contributed by atoms with Crippen molar-refractivity contribution in [3.63, 3.8) is 0 Å². The number of para-hydroxylation sites is 1. The first-order chi connectivity index (χ1) is 13.5. The van der Waals surface area contributed by atoms with E-state index in [2.05, 4.69) is 68.1 Å². The first-order valence-electron chi connectivity index (χ1n) is 9.99. The Balaban J connectivity index is 1.41. The molecule has 0 bridgehead atoms. The van der Waals surface area contributed by atoms with E-state index in [0.717, 1.165) is 42.4 Å². The second-order valence-electron chi connectivity index (χ2n) is 7.88. The van der Waals surface area contributed by atoms with Crippen LogP contribution in [0.15, 0.2) is 42.5 Å². The zero-order chi connectivity index (χ0) is 19.7. The fraction of sp³-hybridized carbons (Fsp3) is 0.391. The van der Waals surface area contributed by atoms with Crippen molar-refractivity contribution in [2.75, 3.05) is 31.1 Å². The fourth-order valence-corrected chi connectivity index (χ4v) is 4.75. The summed E-state index contributed by atoms with van der Waals surface area (Å²) in [5.74, 6) is 0.685. The first kappa shape index (κ1) is 18.9. The van der Waals surface area contributed by atoms with Crippen molar-refractivity contribution in [2.45, 2.75) is 33.1 Å². The molecule has 4 rings (SSSR count). The number of piperazine rings is 1. The van der Waals surface area contributed by atoms with Gasteiger partial charge in [0.2, 0.25) is 5.91 Å². The van der Waals surface area contributed by atoms with Crippen LogP contribution in [0.4, 0.5) is 5.13 Å². The first-order valence-corrected chi connectivity index (χ1v) is 10.8. The number of rotatable bonds is 4. The van der Waals surface area contributed by atoms with Gasteiger partial charge < -0.3 is 9.80 Å². The number of hydrogen-bond donors (Lipinski definition) is 0. The zero-order valence-electron chi connectivity index (χ0n) is 16.8. The van der Waals surface area contributed by atoms with Crippen LogP contribution in [0.1, 0.15) is 36.5 Å². The Labute approximate surface area is 170 Å². The molecule has 0 saturated carbocycles. The van der Waals surface area contributed by atoms with Crippen LogP contribution in [0.25, 0.3) is 10.2 Å². The third-order valence-corrected chi connectivity index (χ3v) is 6.52. The lowest BCUT2D eigenvalue weighted by Crippen LogP contribution is -2.49. The molecule has 1 aromatic heterocycles. The summed E-state index contributed by atoms with van der Waals surface area (Å²) >= 11 is 1.76. The minimum Gasteiger partial charge on any atom is -0.345 e. The number of aryl methyl sites for hydroxylation is 1. The lowest BCUT2D eigenvalue weighted by molar-refractivity contribution is -0.130. The second-order valence-corrected chi connectivity index (χ2v) is 8.88. The molecule has 0 atom stereocenters. The van der Waals surface area contributed by atoms with E-state index in [0.29, 0.717) is 12.3 Å². The minimum absolute atomic E-state index is 0.217. The molecule has 1 aliphatic rings. The summed E-state index contributed by atoms with van der Waals surface area (Å²) < 4.78 is 1.25. The number of carbonyl (C=O) groups excluding carboxylic acids is 1. The Morgan fingerprint density at radius 1 is 1.07 bits per heavy atom. The van der Waals surface area contributed by atoms with E-state index in [1.54, 1.807) is 11.3 Å². The molecule has 0 radical (unpaired) electrons. The van der Waals surface area contributed by atoms with Gasteiger partial charge in [-0.2, -0.15) is 0 Å². The third kappa shape index (κ3) is 3.90. The van der Waals surface area contributed by atoms with Crippen molar-refractivity contribution in [1.29, 1.82) is 0 Å². The van der Waals surface area contributed by atoms with Gasteiger partial charge >= 0.3 is 0 Å². The standard InChI is InChI=1S/C23H27N3OS/c1-16(2)19-5-4-6-20-22(19)24-23(28-20)26-13-11-25(12-14-26)21(27)15-18-9-7-17(3)8-10-18/h4-10,16H,11-15H2,1-3H3. The van der Waals surface area contributed by atoms with Crippen molar-refractivity contribution in [2.24, 2.45) is 0 Å². The van der Waals surface area contributed by atoms with Gasteiger partial charge in [0.05, 0.1) is 16.6 Å². The van der Waals surface area contributed by atoms with Gasteiger partial charge in [-0.25, -0.2) is 4.98 Å². The number of hydrogen-bond acceptors (Lipinski definition) is 4. The Hall–Kier alpha value is -2.40. The summed E-state index contributed by atoms with van der Waals surface area (Å²) in [5, 5.41) is 1.08. The average molecular weight is 394 g/mol. The molecular formula is C23H27N3OS. The molecule has 2 heterocycles. The lowest BCUT2D eigenvalue weighted by atomic mass is 10.0. The van der Waals surface area contributed by atoms with E-state index in [1.807, 2.05) is 4.90 Å². The predicted octanol–water partition coefficient (Wildman–Crippen LogP) is 4.62. The zero-order valence-corrected chi connectivity index (χ0v) is 17.6. The molecule has 3 aromatic rings. The highest BCUT2D eigenvalue weighted by Gasteiger charge is 2.23. The Morgan fingerprint density at radius 2 is 1.79 bits per heavy atom.